The smallest absolute Gasteiger partial charge is 0.304 e. The second kappa shape index (κ2) is 6.90. The lowest BCUT2D eigenvalue weighted by atomic mass is 9.65. The van der Waals surface area contributed by atoms with Crippen molar-refractivity contribution >= 4 is 23.1 Å². The third-order valence-corrected chi connectivity index (χ3v) is 5.73. The first-order chi connectivity index (χ1) is 12.0. The average molecular weight is 342 g/mol. The van der Waals surface area contributed by atoms with Gasteiger partial charge in [-0.05, 0) is 49.7 Å². The first kappa shape index (κ1) is 17.5. The zero-order valence-electron chi connectivity index (χ0n) is 15.1. The van der Waals surface area contributed by atoms with Gasteiger partial charge in [-0.15, -0.1) is 0 Å². The Morgan fingerprint density at radius 1 is 1.52 bits per heavy atom. The van der Waals surface area contributed by atoms with Gasteiger partial charge in [0.15, 0.2) is 0 Å². The molecule has 1 aliphatic carbocycles. The van der Waals surface area contributed by atoms with Crippen molar-refractivity contribution in [3.05, 3.63) is 35.0 Å². The summed E-state index contributed by atoms with van der Waals surface area (Å²) in [4.78, 5) is 20.0. The molecular weight excluding hydrogens is 316 g/mol. The molecule has 0 saturated carbocycles. The van der Waals surface area contributed by atoms with Gasteiger partial charge in [0.05, 0.1) is 6.42 Å². The van der Waals surface area contributed by atoms with Gasteiger partial charge in [0.1, 0.15) is 7.11 Å². The lowest BCUT2D eigenvalue weighted by Crippen LogP contribution is -2.34. The number of nitrogens with zero attached hydrogens (tertiary/aromatic N) is 1. The van der Waals surface area contributed by atoms with E-state index in [4.69, 9.17) is 4.84 Å². The largest absolute Gasteiger partial charge is 0.481 e. The Balaban J connectivity index is 2.18. The molecule has 5 nitrogen and oxygen atoms in total. The van der Waals surface area contributed by atoms with E-state index in [9.17, 15) is 9.90 Å². The fourth-order valence-electron chi connectivity index (χ4n) is 4.37. The number of hydrogen-bond donors (Lipinski definition) is 2. The Morgan fingerprint density at radius 3 is 3.00 bits per heavy atom. The molecule has 25 heavy (non-hydrogen) atoms. The molecule has 2 unspecified atom stereocenters. The van der Waals surface area contributed by atoms with E-state index in [2.05, 4.69) is 42.2 Å². The van der Waals surface area contributed by atoms with E-state index >= 15 is 0 Å². The molecule has 5 heteroatoms. The SMILES string of the molecule is CCC1(CC(=O)O)CCC(C/C=N\OC)c2c1[nH]c1c(C)cccc21. The highest BCUT2D eigenvalue weighted by Crippen LogP contribution is 2.50. The Morgan fingerprint density at radius 2 is 2.32 bits per heavy atom. The van der Waals surface area contributed by atoms with Crippen LogP contribution in [-0.4, -0.2) is 29.4 Å². The van der Waals surface area contributed by atoms with Crippen molar-refractivity contribution in [2.24, 2.45) is 5.16 Å². The van der Waals surface area contributed by atoms with Crippen molar-refractivity contribution in [1.82, 2.24) is 4.98 Å². The second-order valence-electron chi connectivity index (χ2n) is 7.06. The highest BCUT2D eigenvalue weighted by atomic mass is 16.6. The van der Waals surface area contributed by atoms with E-state index in [1.807, 2.05) is 6.21 Å². The molecule has 1 aliphatic rings. The van der Waals surface area contributed by atoms with Gasteiger partial charge in [0.2, 0.25) is 0 Å². The van der Waals surface area contributed by atoms with Gasteiger partial charge in [-0.1, -0.05) is 30.3 Å². The number of carbonyl (C=O) groups is 1. The molecule has 134 valence electrons. The predicted octanol–water partition coefficient (Wildman–Crippen LogP) is 4.50. The Hall–Kier alpha value is -2.30. The van der Waals surface area contributed by atoms with Crippen molar-refractivity contribution in [3.8, 4) is 0 Å². The molecule has 1 aromatic carbocycles. The van der Waals surface area contributed by atoms with Crippen LogP contribution in [0.4, 0.5) is 0 Å². The van der Waals surface area contributed by atoms with Crippen LogP contribution in [0, 0.1) is 6.92 Å². The van der Waals surface area contributed by atoms with Crippen molar-refractivity contribution in [2.75, 3.05) is 7.11 Å². The molecule has 0 aliphatic heterocycles. The number of para-hydroxylation sites is 1. The first-order valence-corrected chi connectivity index (χ1v) is 8.91. The number of carboxylic acids is 1. The van der Waals surface area contributed by atoms with Crippen LogP contribution in [0.15, 0.2) is 23.4 Å². The van der Waals surface area contributed by atoms with E-state index in [1.54, 1.807) is 7.11 Å². The lowest BCUT2D eigenvalue weighted by Gasteiger charge is -2.38. The van der Waals surface area contributed by atoms with Crippen LogP contribution in [0.2, 0.25) is 0 Å². The summed E-state index contributed by atoms with van der Waals surface area (Å²) in [5, 5.41) is 14.6. The number of aromatic amines is 1. The fourth-order valence-corrected chi connectivity index (χ4v) is 4.37. The molecule has 3 rings (SSSR count). The van der Waals surface area contributed by atoms with Crippen molar-refractivity contribution < 1.29 is 14.7 Å². The lowest BCUT2D eigenvalue weighted by molar-refractivity contribution is -0.138. The molecule has 0 amide bonds. The van der Waals surface area contributed by atoms with Crippen LogP contribution in [-0.2, 0) is 15.0 Å². The predicted molar refractivity (Wildman–Crippen MR) is 99.4 cm³/mol. The molecule has 2 N–H and O–H groups in total. The maximum atomic E-state index is 11.6. The molecule has 0 fully saturated rings. The summed E-state index contributed by atoms with van der Waals surface area (Å²) in [6, 6.07) is 6.31. The summed E-state index contributed by atoms with van der Waals surface area (Å²) in [6.07, 6.45) is 5.44. The number of oxime groups is 1. The second-order valence-corrected chi connectivity index (χ2v) is 7.06. The Kier molecular flexibility index (Phi) is 4.84. The van der Waals surface area contributed by atoms with Crippen molar-refractivity contribution in [2.45, 2.75) is 57.3 Å². The van der Waals surface area contributed by atoms with Gasteiger partial charge in [0.25, 0.3) is 0 Å². The summed E-state index contributed by atoms with van der Waals surface area (Å²) < 4.78 is 0. The van der Waals surface area contributed by atoms with Crippen LogP contribution in [0.5, 0.6) is 0 Å². The van der Waals surface area contributed by atoms with E-state index < -0.39 is 5.97 Å². The van der Waals surface area contributed by atoms with Crippen LogP contribution < -0.4 is 0 Å². The molecule has 2 aromatic rings. The molecular formula is C20H26N2O3. The third-order valence-electron chi connectivity index (χ3n) is 5.73. The maximum Gasteiger partial charge on any atom is 0.304 e. The summed E-state index contributed by atoms with van der Waals surface area (Å²) in [6.45, 7) is 4.19. The van der Waals surface area contributed by atoms with E-state index in [0.29, 0.717) is 5.92 Å². The van der Waals surface area contributed by atoms with E-state index in [-0.39, 0.29) is 11.8 Å². The number of aryl methyl sites for hydroxylation is 1. The number of carboxylic acid groups (broad SMARTS) is 1. The van der Waals surface area contributed by atoms with E-state index in [1.165, 1.54) is 16.5 Å². The zero-order chi connectivity index (χ0) is 18.0. The number of nitrogens with one attached hydrogen (secondary N) is 1. The summed E-state index contributed by atoms with van der Waals surface area (Å²) in [7, 11) is 1.55. The van der Waals surface area contributed by atoms with Gasteiger partial charge >= 0.3 is 5.97 Å². The summed E-state index contributed by atoms with van der Waals surface area (Å²) >= 11 is 0. The van der Waals surface area contributed by atoms with Gasteiger partial charge in [-0.2, -0.15) is 0 Å². The topological polar surface area (TPSA) is 74.7 Å². The number of H-pyrrole nitrogens is 1. The molecule has 0 radical (unpaired) electrons. The summed E-state index contributed by atoms with van der Waals surface area (Å²) in [5.41, 5.74) is 4.39. The Bertz CT molecular complexity index is 809. The van der Waals surface area contributed by atoms with Gasteiger partial charge in [-0.25, -0.2) is 0 Å². The zero-order valence-corrected chi connectivity index (χ0v) is 15.1. The highest BCUT2D eigenvalue weighted by Gasteiger charge is 2.42. The number of aromatic nitrogens is 1. The highest BCUT2D eigenvalue weighted by molar-refractivity contribution is 5.89. The van der Waals surface area contributed by atoms with Crippen LogP contribution in [0.25, 0.3) is 10.9 Å². The number of hydrogen-bond acceptors (Lipinski definition) is 3. The van der Waals surface area contributed by atoms with Gasteiger partial charge in [-0.3, -0.25) is 4.79 Å². The number of rotatable bonds is 6. The standard InChI is InChI=1S/C20H26N2O3/c1-4-20(12-16(23)24)10-8-14(9-11-21-25-3)17-15-7-5-6-13(2)18(15)22-19(17)20/h5-7,11,14,22H,4,8-10,12H2,1-3H3,(H,23,24)/b21-11-. The monoisotopic (exact) mass is 342 g/mol. The minimum absolute atomic E-state index is 0.168. The average Bonchev–Trinajstić information content (AvgIpc) is 2.99. The van der Waals surface area contributed by atoms with Crippen LogP contribution in [0.1, 0.15) is 61.8 Å². The van der Waals surface area contributed by atoms with Crippen LogP contribution >= 0.6 is 0 Å². The minimum Gasteiger partial charge on any atom is -0.481 e. The molecule has 0 spiro atoms. The molecule has 2 atom stereocenters. The number of fused-ring (bicyclic) bond motifs is 3. The maximum absolute atomic E-state index is 11.6. The van der Waals surface area contributed by atoms with Crippen molar-refractivity contribution in [3.63, 3.8) is 0 Å². The van der Waals surface area contributed by atoms with Gasteiger partial charge in [0, 0.05) is 28.2 Å². The first-order valence-electron chi connectivity index (χ1n) is 8.91. The Labute approximate surface area is 148 Å². The molecule has 1 heterocycles. The minimum atomic E-state index is -0.734. The van der Waals surface area contributed by atoms with Crippen molar-refractivity contribution in [1.29, 1.82) is 0 Å². The molecule has 0 saturated heterocycles. The third kappa shape index (κ3) is 3.03. The van der Waals surface area contributed by atoms with Crippen LogP contribution in [0.3, 0.4) is 0 Å². The number of benzene rings is 1. The number of aliphatic carboxylic acids is 1. The molecule has 1 aromatic heterocycles. The summed E-state index contributed by atoms with van der Waals surface area (Å²) in [5.74, 6) is -0.402. The normalized spacial score (nSPS) is 23.1. The fraction of sp³-hybridized carbons (Fsp3) is 0.500. The van der Waals surface area contributed by atoms with E-state index in [0.717, 1.165) is 36.9 Å². The molecule has 0 bridgehead atoms. The van der Waals surface area contributed by atoms with Gasteiger partial charge < -0.3 is 14.9 Å². The quantitative estimate of drug-likeness (QED) is 0.599.